The highest BCUT2D eigenvalue weighted by atomic mass is 19.4. The van der Waals surface area contributed by atoms with Crippen LogP contribution in [0.2, 0.25) is 0 Å². The Bertz CT molecular complexity index is 357. The molecule has 0 heterocycles. The molecule has 5 heteroatoms. The van der Waals surface area contributed by atoms with Crippen LogP contribution in [-0.2, 0) is 17.3 Å². The van der Waals surface area contributed by atoms with Crippen molar-refractivity contribution in [2.45, 2.75) is 38.7 Å². The fourth-order valence-corrected chi connectivity index (χ4v) is 1.46. The van der Waals surface area contributed by atoms with Crippen LogP contribution < -0.4 is 0 Å². The number of aliphatic hydroxyl groups is 1. The molecule has 1 rings (SSSR count). The van der Waals surface area contributed by atoms with Gasteiger partial charge in [-0.3, -0.25) is 0 Å². The van der Waals surface area contributed by atoms with E-state index in [1.54, 1.807) is 0 Å². The zero-order valence-corrected chi connectivity index (χ0v) is 10.4. The molecular weight excluding hydrogens is 245 g/mol. The smallest absolute Gasteiger partial charge is 0.390 e. The maximum Gasteiger partial charge on any atom is 0.416 e. The van der Waals surface area contributed by atoms with Gasteiger partial charge in [0, 0.05) is 6.42 Å². The minimum absolute atomic E-state index is 0.0206. The summed E-state index contributed by atoms with van der Waals surface area (Å²) in [6.07, 6.45) is -4.72. The zero-order chi connectivity index (χ0) is 13.8. The number of rotatable bonds is 5. The van der Waals surface area contributed by atoms with Gasteiger partial charge in [0.1, 0.15) is 0 Å². The highest BCUT2D eigenvalue weighted by Crippen LogP contribution is 2.29. The van der Waals surface area contributed by atoms with Gasteiger partial charge in [0.05, 0.1) is 24.4 Å². The van der Waals surface area contributed by atoms with Crippen molar-refractivity contribution in [3.63, 3.8) is 0 Å². The van der Waals surface area contributed by atoms with E-state index in [0.717, 1.165) is 12.1 Å². The Labute approximate surface area is 104 Å². The number of benzene rings is 1. The summed E-state index contributed by atoms with van der Waals surface area (Å²) in [5.41, 5.74) is -0.0259. The Balaban J connectivity index is 2.53. The summed E-state index contributed by atoms with van der Waals surface area (Å²) in [5.74, 6) is 0. The molecule has 1 atom stereocenters. The molecular formula is C13H17F3O2. The number of ether oxygens (including phenoxy) is 1. The van der Waals surface area contributed by atoms with Crippen LogP contribution in [0.15, 0.2) is 24.3 Å². The quantitative estimate of drug-likeness (QED) is 0.883. The first kappa shape index (κ1) is 15.0. The standard InChI is InChI=1S/C13H17F3O2/c1-9(2)18-8-12(17)7-10-3-5-11(6-4-10)13(14,15)16/h3-6,9,12,17H,7-8H2,1-2H3. The molecule has 0 bridgehead atoms. The van der Waals surface area contributed by atoms with E-state index in [4.69, 9.17) is 4.74 Å². The van der Waals surface area contributed by atoms with Crippen molar-refractivity contribution in [2.75, 3.05) is 6.61 Å². The van der Waals surface area contributed by atoms with Gasteiger partial charge in [-0.25, -0.2) is 0 Å². The van der Waals surface area contributed by atoms with E-state index in [-0.39, 0.29) is 19.1 Å². The Morgan fingerprint density at radius 3 is 2.17 bits per heavy atom. The maximum absolute atomic E-state index is 12.3. The van der Waals surface area contributed by atoms with Crippen molar-refractivity contribution < 1.29 is 23.0 Å². The van der Waals surface area contributed by atoms with Crippen LogP contribution in [0.25, 0.3) is 0 Å². The largest absolute Gasteiger partial charge is 0.416 e. The highest BCUT2D eigenvalue weighted by Gasteiger charge is 2.29. The monoisotopic (exact) mass is 262 g/mol. The third-order valence-corrected chi connectivity index (χ3v) is 2.37. The van der Waals surface area contributed by atoms with Gasteiger partial charge in [-0.1, -0.05) is 12.1 Å². The highest BCUT2D eigenvalue weighted by molar-refractivity contribution is 5.25. The van der Waals surface area contributed by atoms with Gasteiger partial charge in [-0.05, 0) is 31.5 Å². The van der Waals surface area contributed by atoms with Crippen molar-refractivity contribution in [3.05, 3.63) is 35.4 Å². The Morgan fingerprint density at radius 1 is 1.17 bits per heavy atom. The van der Waals surface area contributed by atoms with Crippen molar-refractivity contribution in [3.8, 4) is 0 Å². The normalized spacial score (nSPS) is 13.9. The fourth-order valence-electron chi connectivity index (χ4n) is 1.46. The third-order valence-electron chi connectivity index (χ3n) is 2.37. The third kappa shape index (κ3) is 5.06. The summed E-state index contributed by atoms with van der Waals surface area (Å²) >= 11 is 0. The Kier molecular flexibility index (Phi) is 5.16. The molecule has 18 heavy (non-hydrogen) atoms. The summed E-state index contributed by atoms with van der Waals surface area (Å²) in [5, 5.41) is 9.63. The summed E-state index contributed by atoms with van der Waals surface area (Å²) in [4.78, 5) is 0. The molecule has 1 unspecified atom stereocenters. The molecule has 0 saturated carbocycles. The van der Waals surface area contributed by atoms with Crippen LogP contribution >= 0.6 is 0 Å². The van der Waals surface area contributed by atoms with Crippen LogP contribution in [0.5, 0.6) is 0 Å². The average molecular weight is 262 g/mol. The summed E-state index contributed by atoms with van der Waals surface area (Å²) in [6.45, 7) is 3.88. The van der Waals surface area contributed by atoms with Gasteiger partial charge < -0.3 is 9.84 Å². The topological polar surface area (TPSA) is 29.5 Å². The minimum Gasteiger partial charge on any atom is -0.390 e. The van der Waals surface area contributed by atoms with E-state index >= 15 is 0 Å². The second-order valence-corrected chi connectivity index (χ2v) is 4.43. The molecule has 0 spiro atoms. The molecule has 1 N–H and O–H groups in total. The first-order valence-electron chi connectivity index (χ1n) is 5.75. The van der Waals surface area contributed by atoms with Crippen LogP contribution in [0.1, 0.15) is 25.0 Å². The number of aliphatic hydroxyl groups excluding tert-OH is 1. The van der Waals surface area contributed by atoms with Gasteiger partial charge in [-0.15, -0.1) is 0 Å². The predicted octanol–water partition coefficient (Wildman–Crippen LogP) is 3.03. The summed E-state index contributed by atoms with van der Waals surface area (Å²) < 4.78 is 42.2. The maximum atomic E-state index is 12.3. The number of alkyl halides is 3. The van der Waals surface area contributed by atoms with Crippen molar-refractivity contribution in [1.82, 2.24) is 0 Å². The molecule has 1 aromatic rings. The molecule has 1 aromatic carbocycles. The lowest BCUT2D eigenvalue weighted by atomic mass is 10.1. The lowest BCUT2D eigenvalue weighted by Gasteiger charge is -2.14. The molecule has 0 aromatic heterocycles. The number of hydrogen-bond acceptors (Lipinski definition) is 2. The van der Waals surface area contributed by atoms with E-state index < -0.39 is 17.8 Å². The van der Waals surface area contributed by atoms with Crippen molar-refractivity contribution >= 4 is 0 Å². The molecule has 0 amide bonds. The van der Waals surface area contributed by atoms with Crippen molar-refractivity contribution in [2.24, 2.45) is 0 Å². The second-order valence-electron chi connectivity index (χ2n) is 4.43. The van der Waals surface area contributed by atoms with E-state index in [9.17, 15) is 18.3 Å². The molecule has 0 saturated heterocycles. The molecule has 0 aliphatic rings. The van der Waals surface area contributed by atoms with Crippen LogP contribution in [-0.4, -0.2) is 23.9 Å². The Hall–Kier alpha value is -1.07. The van der Waals surface area contributed by atoms with Gasteiger partial charge >= 0.3 is 6.18 Å². The average Bonchev–Trinajstić information content (AvgIpc) is 2.26. The summed E-state index contributed by atoms with van der Waals surface area (Å²) in [6, 6.07) is 4.79. The van der Waals surface area contributed by atoms with Gasteiger partial charge in [0.15, 0.2) is 0 Å². The molecule has 0 aliphatic carbocycles. The molecule has 0 aliphatic heterocycles. The Morgan fingerprint density at radius 2 is 1.72 bits per heavy atom. The van der Waals surface area contributed by atoms with E-state index in [0.29, 0.717) is 5.56 Å². The first-order chi connectivity index (χ1) is 8.29. The minimum atomic E-state index is -4.32. The lowest BCUT2D eigenvalue weighted by Crippen LogP contribution is -2.20. The van der Waals surface area contributed by atoms with Crippen LogP contribution in [0.3, 0.4) is 0 Å². The SMILES string of the molecule is CC(C)OCC(O)Cc1ccc(C(F)(F)F)cc1. The van der Waals surface area contributed by atoms with Crippen LogP contribution in [0.4, 0.5) is 13.2 Å². The fraction of sp³-hybridized carbons (Fsp3) is 0.538. The van der Waals surface area contributed by atoms with Crippen molar-refractivity contribution in [1.29, 1.82) is 0 Å². The first-order valence-corrected chi connectivity index (χ1v) is 5.75. The van der Waals surface area contributed by atoms with Gasteiger partial charge in [-0.2, -0.15) is 13.2 Å². The van der Waals surface area contributed by atoms with Gasteiger partial charge in [0.25, 0.3) is 0 Å². The number of halogens is 3. The number of hydrogen-bond donors (Lipinski definition) is 1. The van der Waals surface area contributed by atoms with E-state index in [2.05, 4.69) is 0 Å². The molecule has 0 fully saturated rings. The zero-order valence-electron chi connectivity index (χ0n) is 10.4. The van der Waals surface area contributed by atoms with Crippen LogP contribution in [0, 0.1) is 0 Å². The molecule has 102 valence electrons. The lowest BCUT2D eigenvalue weighted by molar-refractivity contribution is -0.137. The van der Waals surface area contributed by atoms with E-state index in [1.807, 2.05) is 13.8 Å². The van der Waals surface area contributed by atoms with E-state index in [1.165, 1.54) is 12.1 Å². The molecule has 0 radical (unpaired) electrons. The second kappa shape index (κ2) is 6.20. The molecule has 2 nitrogen and oxygen atoms in total. The predicted molar refractivity (Wildman–Crippen MR) is 62.2 cm³/mol. The van der Waals surface area contributed by atoms with Gasteiger partial charge in [0.2, 0.25) is 0 Å². The summed E-state index contributed by atoms with van der Waals surface area (Å²) in [7, 11) is 0.